The minimum absolute atomic E-state index is 0.0525. The zero-order chi connectivity index (χ0) is 25.9. The topological polar surface area (TPSA) is 73.7 Å². The van der Waals surface area contributed by atoms with Gasteiger partial charge in [0.25, 0.3) is 5.56 Å². The SMILES string of the molecule is CCCCCCCC(=O)N(CCOC)C(C)c1nc2ccccc2c(=O)n1-c1ccc(OCC)cc1. The van der Waals surface area contributed by atoms with Gasteiger partial charge in [-0.2, -0.15) is 0 Å². The summed E-state index contributed by atoms with van der Waals surface area (Å²) in [5, 5.41) is 0.535. The van der Waals surface area contributed by atoms with Gasteiger partial charge in [-0.1, -0.05) is 44.7 Å². The van der Waals surface area contributed by atoms with E-state index in [2.05, 4.69) is 6.92 Å². The van der Waals surface area contributed by atoms with Crippen molar-refractivity contribution in [2.24, 2.45) is 0 Å². The number of hydrogen-bond donors (Lipinski definition) is 0. The average molecular weight is 494 g/mol. The summed E-state index contributed by atoms with van der Waals surface area (Å²) in [6, 6.07) is 14.3. The minimum atomic E-state index is -0.424. The number of methoxy groups -OCH3 is 1. The summed E-state index contributed by atoms with van der Waals surface area (Å²) in [6.45, 7) is 7.45. The number of para-hydroxylation sites is 1. The van der Waals surface area contributed by atoms with E-state index in [-0.39, 0.29) is 11.5 Å². The fraction of sp³-hybridized carbons (Fsp3) is 0.483. The molecule has 3 rings (SSSR count). The molecule has 0 bridgehead atoms. The number of benzene rings is 2. The summed E-state index contributed by atoms with van der Waals surface area (Å²) in [5.41, 5.74) is 1.14. The first-order valence-electron chi connectivity index (χ1n) is 13.0. The molecule has 7 heteroatoms. The number of fused-ring (bicyclic) bond motifs is 1. The summed E-state index contributed by atoms with van der Waals surface area (Å²) in [7, 11) is 1.63. The number of nitrogens with zero attached hydrogens (tertiary/aromatic N) is 3. The molecule has 1 atom stereocenters. The molecule has 0 spiro atoms. The summed E-state index contributed by atoms with van der Waals surface area (Å²) < 4.78 is 12.5. The molecule has 1 unspecified atom stereocenters. The summed E-state index contributed by atoms with van der Waals surface area (Å²) in [4.78, 5) is 33.8. The largest absolute Gasteiger partial charge is 0.494 e. The van der Waals surface area contributed by atoms with E-state index in [1.54, 1.807) is 22.6 Å². The number of ether oxygens (including phenoxy) is 2. The highest BCUT2D eigenvalue weighted by atomic mass is 16.5. The highest BCUT2D eigenvalue weighted by molar-refractivity contribution is 5.79. The van der Waals surface area contributed by atoms with E-state index in [1.807, 2.05) is 56.3 Å². The first-order valence-corrected chi connectivity index (χ1v) is 13.0. The Hall–Kier alpha value is -3.19. The van der Waals surface area contributed by atoms with Gasteiger partial charge in [-0.3, -0.25) is 14.2 Å². The van der Waals surface area contributed by atoms with Crippen molar-refractivity contribution < 1.29 is 14.3 Å². The van der Waals surface area contributed by atoms with Crippen LogP contribution < -0.4 is 10.3 Å². The number of unbranched alkanes of at least 4 members (excludes halogenated alkanes) is 4. The third-order valence-electron chi connectivity index (χ3n) is 6.40. The Labute approximate surface area is 214 Å². The van der Waals surface area contributed by atoms with Crippen LogP contribution in [-0.4, -0.2) is 47.2 Å². The van der Waals surface area contributed by atoms with Crippen LogP contribution in [0, 0.1) is 0 Å². The second-order valence-corrected chi connectivity index (χ2v) is 8.97. The van der Waals surface area contributed by atoms with Gasteiger partial charge in [0.2, 0.25) is 5.91 Å². The molecule has 194 valence electrons. The monoisotopic (exact) mass is 493 g/mol. The number of amides is 1. The smallest absolute Gasteiger partial charge is 0.266 e. The zero-order valence-corrected chi connectivity index (χ0v) is 22.0. The Bertz CT molecular complexity index is 1170. The molecule has 1 amide bonds. The van der Waals surface area contributed by atoms with Crippen molar-refractivity contribution in [1.29, 1.82) is 0 Å². The zero-order valence-electron chi connectivity index (χ0n) is 22.0. The third-order valence-corrected chi connectivity index (χ3v) is 6.40. The first-order chi connectivity index (χ1) is 17.5. The molecule has 0 saturated heterocycles. The number of carbonyl (C=O) groups excluding carboxylic acids is 1. The highest BCUT2D eigenvalue weighted by Crippen LogP contribution is 2.25. The van der Waals surface area contributed by atoms with Gasteiger partial charge in [-0.25, -0.2) is 4.98 Å². The second kappa shape index (κ2) is 13.8. The Morgan fingerprint density at radius 3 is 2.44 bits per heavy atom. The van der Waals surface area contributed by atoms with Crippen molar-refractivity contribution >= 4 is 16.8 Å². The van der Waals surface area contributed by atoms with Gasteiger partial charge in [0.15, 0.2) is 0 Å². The molecule has 0 radical (unpaired) electrons. The Morgan fingerprint density at radius 1 is 1.03 bits per heavy atom. The van der Waals surface area contributed by atoms with Gasteiger partial charge >= 0.3 is 0 Å². The third kappa shape index (κ3) is 6.72. The van der Waals surface area contributed by atoms with Crippen LogP contribution >= 0.6 is 0 Å². The molecule has 3 aromatic rings. The Morgan fingerprint density at radius 2 is 1.75 bits per heavy atom. The quantitative estimate of drug-likeness (QED) is 0.270. The molecule has 0 saturated carbocycles. The van der Waals surface area contributed by atoms with Crippen LogP contribution in [0.3, 0.4) is 0 Å². The molecule has 0 fully saturated rings. The van der Waals surface area contributed by atoms with Crippen molar-refractivity contribution in [2.75, 3.05) is 26.9 Å². The maximum absolute atomic E-state index is 13.7. The lowest BCUT2D eigenvalue weighted by Gasteiger charge is -2.30. The van der Waals surface area contributed by atoms with Crippen LogP contribution in [0.4, 0.5) is 0 Å². The fourth-order valence-electron chi connectivity index (χ4n) is 4.42. The predicted octanol–water partition coefficient (Wildman–Crippen LogP) is 5.68. The van der Waals surface area contributed by atoms with E-state index in [9.17, 15) is 9.59 Å². The molecule has 0 aliphatic carbocycles. The molecule has 1 aromatic heterocycles. The van der Waals surface area contributed by atoms with E-state index in [4.69, 9.17) is 14.5 Å². The van der Waals surface area contributed by atoms with Gasteiger partial charge in [-0.15, -0.1) is 0 Å². The maximum atomic E-state index is 13.7. The van der Waals surface area contributed by atoms with Gasteiger partial charge in [0.05, 0.1) is 35.8 Å². The van der Waals surface area contributed by atoms with Crippen LogP contribution in [0.15, 0.2) is 53.3 Å². The molecule has 0 aliphatic heterocycles. The maximum Gasteiger partial charge on any atom is 0.266 e. The van der Waals surface area contributed by atoms with Crippen molar-refractivity contribution in [3.8, 4) is 11.4 Å². The van der Waals surface area contributed by atoms with Crippen molar-refractivity contribution in [3.05, 3.63) is 64.7 Å². The van der Waals surface area contributed by atoms with Crippen LogP contribution in [0.25, 0.3) is 16.6 Å². The standard InChI is InChI=1S/C29H39N3O4/c1-5-7-8-9-10-15-27(33)31(20-21-35-4)22(3)28-30-26-14-12-11-13-25(26)29(34)32(28)23-16-18-24(19-17-23)36-6-2/h11-14,16-19,22H,5-10,15,20-21H2,1-4H3. The van der Waals surface area contributed by atoms with Gasteiger partial charge in [-0.05, 0) is 56.7 Å². The van der Waals surface area contributed by atoms with Crippen molar-refractivity contribution in [3.63, 3.8) is 0 Å². The first kappa shape index (κ1) is 27.4. The normalized spacial score (nSPS) is 12.0. The fourth-order valence-corrected chi connectivity index (χ4v) is 4.42. The van der Waals surface area contributed by atoms with Crippen molar-refractivity contribution in [1.82, 2.24) is 14.5 Å². The molecule has 0 N–H and O–H groups in total. The van der Waals surface area contributed by atoms with E-state index in [0.29, 0.717) is 48.6 Å². The molecular formula is C29H39N3O4. The number of hydrogen-bond acceptors (Lipinski definition) is 5. The van der Waals surface area contributed by atoms with Crippen molar-refractivity contribution in [2.45, 2.75) is 65.3 Å². The van der Waals surface area contributed by atoms with Gasteiger partial charge < -0.3 is 14.4 Å². The number of carbonyl (C=O) groups is 1. The number of rotatable bonds is 14. The lowest BCUT2D eigenvalue weighted by molar-refractivity contribution is -0.134. The molecule has 36 heavy (non-hydrogen) atoms. The molecular weight excluding hydrogens is 454 g/mol. The van der Waals surface area contributed by atoms with Crippen LogP contribution in [0.5, 0.6) is 5.75 Å². The van der Waals surface area contributed by atoms with E-state index >= 15 is 0 Å². The van der Waals surface area contributed by atoms with Crippen LogP contribution in [-0.2, 0) is 9.53 Å². The lowest BCUT2D eigenvalue weighted by atomic mass is 10.1. The summed E-state index contributed by atoms with van der Waals surface area (Å²) >= 11 is 0. The summed E-state index contributed by atoms with van der Waals surface area (Å²) in [5.74, 6) is 1.31. The molecule has 2 aromatic carbocycles. The average Bonchev–Trinajstić information content (AvgIpc) is 2.89. The number of aromatic nitrogens is 2. The Kier molecular flexibility index (Phi) is 10.5. The van der Waals surface area contributed by atoms with Gasteiger partial charge in [0.1, 0.15) is 11.6 Å². The highest BCUT2D eigenvalue weighted by Gasteiger charge is 2.26. The van der Waals surface area contributed by atoms with Crippen LogP contribution in [0.2, 0.25) is 0 Å². The Balaban J connectivity index is 2.02. The van der Waals surface area contributed by atoms with Crippen LogP contribution in [0.1, 0.15) is 71.2 Å². The predicted molar refractivity (Wildman–Crippen MR) is 144 cm³/mol. The molecule has 7 nitrogen and oxygen atoms in total. The molecule has 0 aliphatic rings. The van der Waals surface area contributed by atoms with Gasteiger partial charge in [0, 0.05) is 20.1 Å². The molecule has 1 heterocycles. The van der Waals surface area contributed by atoms with E-state index in [0.717, 1.165) is 25.0 Å². The van der Waals surface area contributed by atoms with E-state index < -0.39 is 6.04 Å². The summed E-state index contributed by atoms with van der Waals surface area (Å²) in [6.07, 6.45) is 5.86. The second-order valence-electron chi connectivity index (χ2n) is 8.97. The minimum Gasteiger partial charge on any atom is -0.494 e. The lowest BCUT2D eigenvalue weighted by Crippen LogP contribution is -2.39. The van der Waals surface area contributed by atoms with E-state index in [1.165, 1.54) is 12.8 Å².